The molecule has 0 aliphatic heterocycles. The second-order valence-electron chi connectivity index (χ2n) is 5.36. The van der Waals surface area contributed by atoms with E-state index in [9.17, 15) is 18.0 Å². The number of carbonyl (C=O) groups is 2. The first-order chi connectivity index (χ1) is 11.7. The predicted octanol–water partition coefficient (Wildman–Crippen LogP) is 1.77. The van der Waals surface area contributed by atoms with E-state index in [0.29, 0.717) is 0 Å². The SMILES string of the molecule is CC(C(=O)O)N(C)C(=O)c1cccc(S(=O)(=O)NCc2cccs2)c1. The fourth-order valence-electron chi connectivity index (χ4n) is 2.00. The number of nitrogens with one attached hydrogen (secondary N) is 1. The maximum absolute atomic E-state index is 12.4. The molecule has 2 aromatic rings. The van der Waals surface area contributed by atoms with Gasteiger partial charge in [0.2, 0.25) is 10.0 Å². The van der Waals surface area contributed by atoms with Crippen LogP contribution in [0.1, 0.15) is 22.2 Å². The van der Waals surface area contributed by atoms with E-state index >= 15 is 0 Å². The van der Waals surface area contributed by atoms with Crippen LogP contribution in [0.15, 0.2) is 46.7 Å². The first-order valence-electron chi connectivity index (χ1n) is 7.34. The van der Waals surface area contributed by atoms with E-state index in [1.54, 1.807) is 0 Å². The molecule has 1 aromatic carbocycles. The number of carboxylic acid groups (broad SMARTS) is 1. The third-order valence-corrected chi connectivity index (χ3v) is 5.94. The molecular formula is C16H18N2O5S2. The minimum Gasteiger partial charge on any atom is -0.480 e. The Morgan fingerprint density at radius 2 is 2.00 bits per heavy atom. The number of amides is 1. The lowest BCUT2D eigenvalue weighted by atomic mass is 10.2. The molecule has 0 fully saturated rings. The van der Waals surface area contributed by atoms with Crippen molar-refractivity contribution in [2.24, 2.45) is 0 Å². The molecule has 25 heavy (non-hydrogen) atoms. The van der Waals surface area contributed by atoms with Crippen LogP contribution in [0.5, 0.6) is 0 Å². The van der Waals surface area contributed by atoms with Crippen LogP contribution in [-0.4, -0.2) is 43.4 Å². The van der Waals surface area contributed by atoms with Gasteiger partial charge in [-0.1, -0.05) is 12.1 Å². The maximum atomic E-state index is 12.4. The Labute approximate surface area is 150 Å². The summed E-state index contributed by atoms with van der Waals surface area (Å²) in [5.41, 5.74) is 0.106. The van der Waals surface area contributed by atoms with E-state index in [-0.39, 0.29) is 17.0 Å². The molecule has 1 atom stereocenters. The highest BCUT2D eigenvalue weighted by Crippen LogP contribution is 2.15. The Morgan fingerprint density at radius 3 is 2.60 bits per heavy atom. The molecule has 0 aliphatic carbocycles. The lowest BCUT2D eigenvalue weighted by molar-refractivity contribution is -0.141. The Balaban J connectivity index is 2.19. The zero-order chi connectivity index (χ0) is 18.6. The minimum absolute atomic E-state index is 0.0497. The number of carbonyl (C=O) groups excluding carboxylic acids is 1. The maximum Gasteiger partial charge on any atom is 0.326 e. The third-order valence-electron chi connectivity index (χ3n) is 3.67. The van der Waals surface area contributed by atoms with Gasteiger partial charge in [-0.15, -0.1) is 11.3 Å². The van der Waals surface area contributed by atoms with Gasteiger partial charge < -0.3 is 10.0 Å². The van der Waals surface area contributed by atoms with Crippen molar-refractivity contribution >= 4 is 33.2 Å². The average molecular weight is 382 g/mol. The second-order valence-corrected chi connectivity index (χ2v) is 8.16. The molecular weight excluding hydrogens is 364 g/mol. The zero-order valence-corrected chi connectivity index (χ0v) is 15.3. The summed E-state index contributed by atoms with van der Waals surface area (Å²) in [6, 6.07) is 8.14. The van der Waals surface area contributed by atoms with Crippen molar-refractivity contribution in [3.63, 3.8) is 0 Å². The lowest BCUT2D eigenvalue weighted by Crippen LogP contribution is -2.40. The summed E-state index contributed by atoms with van der Waals surface area (Å²) in [5.74, 6) is -1.71. The summed E-state index contributed by atoms with van der Waals surface area (Å²) in [6.45, 7) is 1.54. The van der Waals surface area contributed by atoms with Crippen LogP contribution in [0.2, 0.25) is 0 Å². The van der Waals surface area contributed by atoms with Crippen molar-refractivity contribution in [2.45, 2.75) is 24.4 Å². The minimum atomic E-state index is -3.79. The van der Waals surface area contributed by atoms with Crippen LogP contribution in [0.3, 0.4) is 0 Å². The highest BCUT2D eigenvalue weighted by atomic mass is 32.2. The van der Waals surface area contributed by atoms with Gasteiger partial charge in [-0.25, -0.2) is 17.9 Å². The number of aliphatic carboxylic acids is 1. The van der Waals surface area contributed by atoms with Crippen LogP contribution < -0.4 is 4.72 Å². The topological polar surface area (TPSA) is 104 Å². The Kier molecular flexibility index (Phi) is 5.93. The third kappa shape index (κ3) is 4.65. The quantitative estimate of drug-likeness (QED) is 0.760. The molecule has 7 nitrogen and oxygen atoms in total. The van der Waals surface area contributed by atoms with E-state index < -0.39 is 27.9 Å². The number of nitrogens with zero attached hydrogens (tertiary/aromatic N) is 1. The molecule has 0 bridgehead atoms. The Morgan fingerprint density at radius 1 is 1.28 bits per heavy atom. The van der Waals surface area contributed by atoms with Gasteiger partial charge in [0, 0.05) is 24.0 Å². The molecule has 0 spiro atoms. The first kappa shape index (κ1) is 19.1. The number of rotatable bonds is 7. The van der Waals surface area contributed by atoms with Gasteiger partial charge in [-0.05, 0) is 36.6 Å². The van der Waals surface area contributed by atoms with E-state index in [0.717, 1.165) is 9.78 Å². The zero-order valence-electron chi connectivity index (χ0n) is 13.7. The van der Waals surface area contributed by atoms with Gasteiger partial charge in [0.05, 0.1) is 4.90 Å². The summed E-state index contributed by atoms with van der Waals surface area (Å²) in [4.78, 5) is 25.2. The molecule has 9 heteroatoms. The van der Waals surface area contributed by atoms with Gasteiger partial charge in [0.15, 0.2) is 0 Å². The van der Waals surface area contributed by atoms with Gasteiger partial charge in [0.1, 0.15) is 6.04 Å². The largest absolute Gasteiger partial charge is 0.480 e. The molecule has 134 valence electrons. The predicted molar refractivity (Wildman–Crippen MR) is 94.0 cm³/mol. The summed E-state index contributed by atoms with van der Waals surface area (Å²) in [5, 5.41) is 10.8. The second kappa shape index (κ2) is 7.77. The number of hydrogen-bond acceptors (Lipinski definition) is 5. The first-order valence-corrected chi connectivity index (χ1v) is 9.70. The monoisotopic (exact) mass is 382 g/mol. The highest BCUT2D eigenvalue weighted by Gasteiger charge is 2.24. The van der Waals surface area contributed by atoms with Crippen molar-refractivity contribution in [3.05, 3.63) is 52.2 Å². The van der Waals surface area contributed by atoms with Gasteiger partial charge in [-0.3, -0.25) is 4.79 Å². The number of carboxylic acids is 1. The number of likely N-dealkylation sites (N-methyl/N-ethyl adjacent to an activating group) is 1. The van der Waals surface area contributed by atoms with Crippen LogP contribution in [-0.2, 0) is 21.4 Å². The van der Waals surface area contributed by atoms with Crippen LogP contribution >= 0.6 is 11.3 Å². The highest BCUT2D eigenvalue weighted by molar-refractivity contribution is 7.89. The molecule has 0 aliphatic rings. The molecule has 2 rings (SSSR count). The van der Waals surface area contributed by atoms with Crippen molar-refractivity contribution < 1.29 is 23.1 Å². The van der Waals surface area contributed by atoms with Crippen LogP contribution in [0.25, 0.3) is 0 Å². The number of hydrogen-bond donors (Lipinski definition) is 2. The molecule has 0 saturated heterocycles. The van der Waals surface area contributed by atoms with Gasteiger partial charge in [-0.2, -0.15) is 0 Å². The molecule has 0 radical (unpaired) electrons. The summed E-state index contributed by atoms with van der Waals surface area (Å²) in [7, 11) is -2.43. The molecule has 1 aromatic heterocycles. The number of thiophene rings is 1. The van der Waals surface area contributed by atoms with Gasteiger partial charge >= 0.3 is 5.97 Å². The summed E-state index contributed by atoms with van der Waals surface area (Å²) >= 11 is 1.43. The fraction of sp³-hybridized carbons (Fsp3) is 0.250. The van der Waals surface area contributed by atoms with E-state index in [1.165, 1.54) is 49.6 Å². The van der Waals surface area contributed by atoms with Crippen LogP contribution in [0, 0.1) is 0 Å². The average Bonchev–Trinajstić information content (AvgIpc) is 3.11. The molecule has 0 saturated carbocycles. The van der Waals surface area contributed by atoms with E-state index in [2.05, 4.69) is 4.72 Å². The smallest absolute Gasteiger partial charge is 0.326 e. The fourth-order valence-corrected chi connectivity index (χ4v) is 3.79. The van der Waals surface area contributed by atoms with Gasteiger partial charge in [0.25, 0.3) is 5.91 Å². The normalized spacial score (nSPS) is 12.6. The number of benzene rings is 1. The van der Waals surface area contributed by atoms with Crippen molar-refractivity contribution in [3.8, 4) is 0 Å². The van der Waals surface area contributed by atoms with Crippen LogP contribution in [0.4, 0.5) is 0 Å². The summed E-state index contributed by atoms with van der Waals surface area (Å²) < 4.78 is 27.3. The molecule has 2 N–H and O–H groups in total. The lowest BCUT2D eigenvalue weighted by Gasteiger charge is -2.21. The van der Waals surface area contributed by atoms with E-state index in [1.807, 2.05) is 17.5 Å². The van der Waals surface area contributed by atoms with Crippen molar-refractivity contribution in [2.75, 3.05) is 7.05 Å². The van der Waals surface area contributed by atoms with Crippen molar-refractivity contribution in [1.29, 1.82) is 0 Å². The molecule has 1 unspecified atom stereocenters. The summed E-state index contributed by atoms with van der Waals surface area (Å²) in [6.07, 6.45) is 0. The Hall–Kier alpha value is -2.23. The van der Waals surface area contributed by atoms with E-state index in [4.69, 9.17) is 5.11 Å². The number of sulfonamides is 1. The molecule has 1 amide bonds. The standard InChI is InChI=1S/C16H18N2O5S2/c1-11(16(20)21)18(2)15(19)12-5-3-7-14(9-12)25(22,23)17-10-13-6-4-8-24-13/h3-9,11,17H,10H2,1-2H3,(H,20,21). The Bertz CT molecular complexity index is 862. The van der Waals surface area contributed by atoms with Crippen molar-refractivity contribution in [1.82, 2.24) is 9.62 Å². The molecule has 1 heterocycles.